The van der Waals surface area contributed by atoms with Crippen molar-refractivity contribution in [2.24, 2.45) is 11.8 Å². The molecular weight excluding hydrogens is 312 g/mol. The van der Waals surface area contributed by atoms with E-state index in [0.717, 1.165) is 51.4 Å². The number of rotatable bonds is 2. The van der Waals surface area contributed by atoms with Gasteiger partial charge in [0.15, 0.2) is 11.2 Å². The first-order valence-corrected chi connectivity index (χ1v) is 9.44. The molecule has 6 nitrogen and oxygen atoms in total. The van der Waals surface area contributed by atoms with Gasteiger partial charge in [-0.05, 0) is 63.2 Å². The average molecular weight is 340 g/mol. The van der Waals surface area contributed by atoms with Crippen LogP contribution in [0.1, 0.15) is 51.4 Å². The first-order valence-electron chi connectivity index (χ1n) is 9.44. The Balaban J connectivity index is 1.66. The van der Waals surface area contributed by atoms with Crippen molar-refractivity contribution in [2.45, 2.75) is 74.5 Å². The van der Waals surface area contributed by atoms with Gasteiger partial charge in [-0.2, -0.15) is 0 Å². The lowest BCUT2D eigenvalue weighted by atomic mass is 9.77. The molecule has 5 rings (SSSR count). The predicted molar refractivity (Wildman–Crippen MR) is 82.9 cm³/mol. The lowest BCUT2D eigenvalue weighted by Crippen LogP contribution is -2.81. The molecule has 136 valence electrons. The molecule has 0 aromatic heterocycles. The molecule has 0 N–H and O–H groups in total. The summed E-state index contributed by atoms with van der Waals surface area (Å²) in [4.78, 5) is 0. The van der Waals surface area contributed by atoms with Crippen LogP contribution in [-0.4, -0.2) is 50.6 Å². The summed E-state index contributed by atoms with van der Waals surface area (Å²) in [5.74, 6) is -1.59. The van der Waals surface area contributed by atoms with E-state index >= 15 is 0 Å². The normalized spacial score (nSPS) is 56.2. The lowest BCUT2D eigenvalue weighted by Gasteiger charge is -2.65. The Morgan fingerprint density at radius 1 is 0.708 bits per heavy atom. The van der Waals surface area contributed by atoms with Crippen molar-refractivity contribution < 1.29 is 28.4 Å². The second kappa shape index (κ2) is 5.15. The van der Waals surface area contributed by atoms with Gasteiger partial charge in [-0.3, -0.25) is 0 Å². The quantitative estimate of drug-likeness (QED) is 0.770. The van der Waals surface area contributed by atoms with Gasteiger partial charge in [-0.15, -0.1) is 0 Å². The molecule has 24 heavy (non-hydrogen) atoms. The second-order valence-electron chi connectivity index (χ2n) is 7.96. The predicted octanol–water partition coefficient (Wildman–Crippen LogP) is 2.55. The molecular formula is C18H28O6. The van der Waals surface area contributed by atoms with Crippen LogP contribution >= 0.6 is 0 Å². The highest BCUT2D eigenvalue weighted by Gasteiger charge is 2.80. The molecule has 0 aromatic rings. The SMILES string of the molecule is CO[C@@]12OCCC3CCCC31O[C@@]1(OC)OCCC3CCCC31O2. The zero-order valence-corrected chi connectivity index (χ0v) is 14.7. The number of methoxy groups -OCH3 is 2. The molecule has 0 aromatic carbocycles. The summed E-state index contributed by atoms with van der Waals surface area (Å²) in [6.45, 7) is 1.29. The average Bonchev–Trinajstić information content (AvgIpc) is 3.20. The van der Waals surface area contributed by atoms with E-state index in [0.29, 0.717) is 25.0 Å². The van der Waals surface area contributed by atoms with Gasteiger partial charge in [0.1, 0.15) is 0 Å². The van der Waals surface area contributed by atoms with Crippen LogP contribution in [0.4, 0.5) is 0 Å². The first kappa shape index (κ1) is 16.0. The lowest BCUT2D eigenvalue weighted by molar-refractivity contribution is -0.613. The third kappa shape index (κ3) is 1.63. The summed E-state index contributed by atoms with van der Waals surface area (Å²) in [6, 6.07) is 0. The fourth-order valence-corrected chi connectivity index (χ4v) is 6.22. The molecule has 0 bridgehead atoms. The fraction of sp³-hybridized carbons (Fsp3) is 1.00. The van der Waals surface area contributed by atoms with Crippen LogP contribution in [0.3, 0.4) is 0 Å². The van der Waals surface area contributed by atoms with E-state index in [2.05, 4.69) is 0 Å². The molecule has 3 saturated heterocycles. The molecule has 5 aliphatic rings. The van der Waals surface area contributed by atoms with Gasteiger partial charge in [-0.1, -0.05) is 0 Å². The molecule has 3 aliphatic heterocycles. The summed E-state index contributed by atoms with van der Waals surface area (Å²) in [5, 5.41) is 0. The highest BCUT2D eigenvalue weighted by atomic mass is 17.0. The van der Waals surface area contributed by atoms with E-state index < -0.39 is 23.1 Å². The van der Waals surface area contributed by atoms with Crippen molar-refractivity contribution in [2.75, 3.05) is 27.4 Å². The van der Waals surface area contributed by atoms with Gasteiger partial charge >= 0.3 is 11.9 Å². The first-order chi connectivity index (χ1) is 11.7. The molecule has 0 radical (unpaired) electrons. The molecule has 2 spiro atoms. The Bertz CT molecular complexity index is 482. The summed E-state index contributed by atoms with van der Waals surface area (Å²) < 4.78 is 37.9. The molecule has 6 atom stereocenters. The summed E-state index contributed by atoms with van der Waals surface area (Å²) in [5.41, 5.74) is -1.29. The molecule has 2 aliphatic carbocycles. The van der Waals surface area contributed by atoms with Crippen molar-refractivity contribution in [1.82, 2.24) is 0 Å². The maximum atomic E-state index is 6.82. The third-order valence-electron chi connectivity index (χ3n) is 7.24. The Morgan fingerprint density at radius 2 is 1.17 bits per heavy atom. The van der Waals surface area contributed by atoms with Gasteiger partial charge < -0.3 is 28.4 Å². The van der Waals surface area contributed by atoms with Gasteiger partial charge in [0.2, 0.25) is 0 Å². The van der Waals surface area contributed by atoms with Crippen LogP contribution in [0.5, 0.6) is 0 Å². The molecule has 5 fully saturated rings. The van der Waals surface area contributed by atoms with Crippen molar-refractivity contribution in [3.05, 3.63) is 0 Å². The van der Waals surface area contributed by atoms with Gasteiger partial charge in [-0.25, -0.2) is 0 Å². The summed E-state index contributed by atoms with van der Waals surface area (Å²) in [6.07, 6.45) is 8.00. The topological polar surface area (TPSA) is 55.4 Å². The van der Waals surface area contributed by atoms with Crippen molar-refractivity contribution in [3.63, 3.8) is 0 Å². The second-order valence-corrected chi connectivity index (χ2v) is 7.96. The minimum absolute atomic E-state index is 0.348. The molecule has 4 unspecified atom stereocenters. The number of ether oxygens (including phenoxy) is 6. The Labute approximate surface area is 143 Å². The van der Waals surface area contributed by atoms with E-state index in [4.69, 9.17) is 28.4 Å². The van der Waals surface area contributed by atoms with Crippen LogP contribution in [0.2, 0.25) is 0 Å². The summed E-state index contributed by atoms with van der Waals surface area (Å²) >= 11 is 0. The monoisotopic (exact) mass is 340 g/mol. The standard InChI is InChI=1S/C18H28O6/c1-19-17-15(9-3-5-13(15)7-11-21-17)24-18(20-2)16(23-17)10-4-6-14(16)8-12-22-18/h13-14H,3-12H2,1-2H3/t13?,14?,15?,16?,17-,18+. The smallest absolute Gasteiger partial charge is 0.314 e. The van der Waals surface area contributed by atoms with Crippen molar-refractivity contribution >= 4 is 0 Å². The van der Waals surface area contributed by atoms with Crippen molar-refractivity contribution in [1.29, 1.82) is 0 Å². The molecule has 0 amide bonds. The molecule has 6 heteroatoms. The van der Waals surface area contributed by atoms with E-state index in [1.54, 1.807) is 14.2 Å². The highest BCUT2D eigenvalue weighted by Crippen LogP contribution is 2.65. The third-order valence-corrected chi connectivity index (χ3v) is 7.24. The van der Waals surface area contributed by atoms with Crippen LogP contribution in [-0.2, 0) is 28.4 Å². The minimum atomic E-state index is -1.14. The van der Waals surface area contributed by atoms with Crippen molar-refractivity contribution in [3.8, 4) is 0 Å². The Morgan fingerprint density at radius 3 is 1.58 bits per heavy atom. The van der Waals surface area contributed by atoms with Gasteiger partial charge in [0.25, 0.3) is 0 Å². The van der Waals surface area contributed by atoms with Crippen LogP contribution < -0.4 is 0 Å². The van der Waals surface area contributed by atoms with E-state index in [9.17, 15) is 0 Å². The number of hydrogen-bond acceptors (Lipinski definition) is 6. The van der Waals surface area contributed by atoms with E-state index in [1.165, 1.54) is 0 Å². The number of hydrogen-bond donors (Lipinski definition) is 0. The Kier molecular flexibility index (Phi) is 3.42. The fourth-order valence-electron chi connectivity index (χ4n) is 6.22. The zero-order valence-electron chi connectivity index (χ0n) is 14.7. The van der Waals surface area contributed by atoms with Gasteiger partial charge in [0.05, 0.1) is 13.2 Å². The minimum Gasteiger partial charge on any atom is -0.328 e. The van der Waals surface area contributed by atoms with Gasteiger partial charge in [0, 0.05) is 14.2 Å². The Hall–Kier alpha value is -0.240. The van der Waals surface area contributed by atoms with E-state index in [1.807, 2.05) is 0 Å². The largest absolute Gasteiger partial charge is 0.328 e. The zero-order chi connectivity index (χ0) is 16.5. The maximum absolute atomic E-state index is 6.82. The molecule has 2 saturated carbocycles. The molecule has 3 heterocycles. The van der Waals surface area contributed by atoms with Crippen LogP contribution in [0.15, 0.2) is 0 Å². The van der Waals surface area contributed by atoms with E-state index in [-0.39, 0.29) is 0 Å². The summed E-state index contributed by atoms with van der Waals surface area (Å²) in [7, 11) is 3.35. The maximum Gasteiger partial charge on any atom is 0.314 e. The van der Waals surface area contributed by atoms with Crippen LogP contribution in [0, 0.1) is 11.8 Å². The highest BCUT2D eigenvalue weighted by molar-refractivity contribution is 5.14. The van der Waals surface area contributed by atoms with Crippen LogP contribution in [0.25, 0.3) is 0 Å².